The number of halogens is 2. The van der Waals surface area contributed by atoms with Crippen molar-refractivity contribution in [1.29, 1.82) is 0 Å². The van der Waals surface area contributed by atoms with Gasteiger partial charge in [0, 0.05) is 30.8 Å². The van der Waals surface area contributed by atoms with Gasteiger partial charge < -0.3 is 4.57 Å². The van der Waals surface area contributed by atoms with Crippen LogP contribution in [-0.2, 0) is 16.6 Å². The van der Waals surface area contributed by atoms with Gasteiger partial charge in [-0.3, -0.25) is 4.79 Å². The molecule has 1 amide bonds. The van der Waals surface area contributed by atoms with Crippen LogP contribution in [-0.4, -0.2) is 35.8 Å². The maximum absolute atomic E-state index is 14.4. The van der Waals surface area contributed by atoms with E-state index in [2.05, 4.69) is 11.6 Å². The van der Waals surface area contributed by atoms with Crippen molar-refractivity contribution in [1.82, 2.24) is 8.87 Å². The molecular weight excluding hydrogens is 468 g/mol. The van der Waals surface area contributed by atoms with Gasteiger partial charge in [-0.05, 0) is 50.1 Å². The number of amides is 1. The number of hydrogen-bond acceptors (Lipinski definition) is 4. The van der Waals surface area contributed by atoms with Crippen molar-refractivity contribution in [2.75, 3.05) is 6.54 Å². The van der Waals surface area contributed by atoms with Gasteiger partial charge in [0.25, 0.3) is 5.91 Å². The van der Waals surface area contributed by atoms with Crippen LogP contribution in [0.4, 0.5) is 8.78 Å². The summed E-state index contributed by atoms with van der Waals surface area (Å²) in [6.07, 6.45) is 4.17. The lowest BCUT2D eigenvalue weighted by molar-refractivity contribution is 0.0997. The van der Waals surface area contributed by atoms with Crippen LogP contribution in [0.3, 0.4) is 0 Å². The summed E-state index contributed by atoms with van der Waals surface area (Å²) in [5, 5.41) is 0. The molecule has 4 rings (SSSR count). The Kier molecular flexibility index (Phi) is 6.60. The van der Waals surface area contributed by atoms with Crippen molar-refractivity contribution in [3.63, 3.8) is 0 Å². The summed E-state index contributed by atoms with van der Waals surface area (Å²) < 4.78 is 57.2. The molecule has 2 heterocycles. The van der Waals surface area contributed by atoms with Crippen molar-refractivity contribution in [2.24, 2.45) is 4.99 Å². The number of aromatic nitrogens is 1. The highest BCUT2D eigenvalue weighted by Gasteiger charge is 2.30. The van der Waals surface area contributed by atoms with Gasteiger partial charge in [-0.25, -0.2) is 17.2 Å². The minimum Gasteiger partial charge on any atom is -0.310 e. The predicted octanol–water partition coefficient (Wildman–Crippen LogP) is 4.47. The van der Waals surface area contributed by atoms with Gasteiger partial charge in [-0.2, -0.15) is 9.30 Å². The zero-order valence-electron chi connectivity index (χ0n) is 18.0. The number of piperidine rings is 1. The van der Waals surface area contributed by atoms with Crippen LogP contribution < -0.4 is 4.80 Å². The molecule has 0 saturated carbocycles. The van der Waals surface area contributed by atoms with Crippen molar-refractivity contribution in [3.8, 4) is 0 Å². The summed E-state index contributed by atoms with van der Waals surface area (Å²) in [7, 11) is -3.65. The summed E-state index contributed by atoms with van der Waals surface area (Å²) in [6, 6.07) is 7.53. The second kappa shape index (κ2) is 9.28. The number of thiazole rings is 1. The fraction of sp³-hybridized carbons (Fsp3) is 0.304. The zero-order valence-corrected chi connectivity index (χ0v) is 19.6. The van der Waals surface area contributed by atoms with E-state index in [9.17, 15) is 22.0 Å². The molecule has 33 heavy (non-hydrogen) atoms. The van der Waals surface area contributed by atoms with E-state index in [-0.39, 0.29) is 33.4 Å². The highest BCUT2D eigenvalue weighted by Crippen LogP contribution is 2.26. The molecular formula is C23H23F2N3O3S2. The van der Waals surface area contributed by atoms with Gasteiger partial charge in [-0.15, -0.1) is 6.58 Å². The van der Waals surface area contributed by atoms with E-state index >= 15 is 0 Å². The molecule has 6 nitrogen and oxygen atoms in total. The van der Waals surface area contributed by atoms with Crippen LogP contribution in [0.5, 0.6) is 0 Å². The summed E-state index contributed by atoms with van der Waals surface area (Å²) >= 11 is 0.987. The van der Waals surface area contributed by atoms with E-state index in [1.165, 1.54) is 45.3 Å². The summed E-state index contributed by atoms with van der Waals surface area (Å²) in [6.45, 7) is 6.20. The number of carbonyl (C=O) groups is 1. The van der Waals surface area contributed by atoms with Gasteiger partial charge in [-0.1, -0.05) is 23.8 Å². The molecule has 1 saturated heterocycles. The SMILES string of the molecule is C=CCn1c(=NC(=O)c2ccc(S(=O)(=O)N3CCCCC3C)cc2)sc2cc(F)cc(F)c21. The molecule has 3 aromatic rings. The molecule has 2 aromatic carbocycles. The molecule has 0 aliphatic carbocycles. The Bertz CT molecular complexity index is 1390. The van der Waals surface area contributed by atoms with E-state index in [1.807, 2.05) is 6.92 Å². The highest BCUT2D eigenvalue weighted by molar-refractivity contribution is 7.89. The first-order valence-corrected chi connectivity index (χ1v) is 12.8. The number of sulfonamides is 1. The van der Waals surface area contributed by atoms with E-state index in [0.717, 1.165) is 36.7 Å². The minimum absolute atomic E-state index is 0.0708. The summed E-state index contributed by atoms with van der Waals surface area (Å²) in [4.78, 5) is 17.2. The first-order chi connectivity index (χ1) is 15.7. The van der Waals surface area contributed by atoms with Crippen molar-refractivity contribution >= 4 is 37.5 Å². The number of hydrogen-bond donors (Lipinski definition) is 0. The molecule has 1 aliphatic heterocycles. The molecule has 0 bridgehead atoms. The average molecular weight is 492 g/mol. The number of benzene rings is 2. The van der Waals surface area contributed by atoms with Crippen LogP contribution in [0.1, 0.15) is 36.5 Å². The number of nitrogens with zero attached hydrogens (tertiary/aromatic N) is 3. The van der Waals surface area contributed by atoms with Crippen LogP contribution in [0.2, 0.25) is 0 Å². The molecule has 1 aliphatic rings. The van der Waals surface area contributed by atoms with Gasteiger partial charge >= 0.3 is 0 Å². The molecule has 10 heteroatoms. The van der Waals surface area contributed by atoms with Gasteiger partial charge in [0.15, 0.2) is 10.6 Å². The highest BCUT2D eigenvalue weighted by atomic mass is 32.2. The standard InChI is InChI=1S/C23H23F2N3O3S2/c1-3-11-27-21-19(25)13-17(24)14-20(21)32-23(27)26-22(29)16-7-9-18(10-8-16)33(30,31)28-12-5-4-6-15(28)2/h3,7-10,13-15H,1,4-6,11-12H2,2H3. The Morgan fingerprint density at radius 3 is 2.64 bits per heavy atom. The number of carbonyl (C=O) groups excluding carboxylic acids is 1. The van der Waals surface area contributed by atoms with E-state index in [1.54, 1.807) is 0 Å². The van der Waals surface area contributed by atoms with E-state index < -0.39 is 27.6 Å². The Balaban J connectivity index is 1.68. The monoisotopic (exact) mass is 491 g/mol. The minimum atomic E-state index is -3.65. The Hall–Kier alpha value is -2.69. The fourth-order valence-corrected chi connectivity index (χ4v) is 6.77. The first-order valence-electron chi connectivity index (χ1n) is 10.5. The maximum atomic E-state index is 14.4. The lowest BCUT2D eigenvalue weighted by atomic mass is 10.1. The third kappa shape index (κ3) is 4.55. The maximum Gasteiger partial charge on any atom is 0.279 e. The first kappa shape index (κ1) is 23.5. The van der Waals surface area contributed by atoms with Crippen LogP contribution >= 0.6 is 11.3 Å². The van der Waals surface area contributed by atoms with Crippen LogP contribution in [0, 0.1) is 11.6 Å². The number of allylic oxidation sites excluding steroid dienone is 1. The molecule has 1 atom stereocenters. The molecule has 1 fully saturated rings. The third-order valence-corrected chi connectivity index (χ3v) is 8.71. The molecule has 0 N–H and O–H groups in total. The third-order valence-electron chi connectivity index (χ3n) is 5.65. The molecule has 174 valence electrons. The Morgan fingerprint density at radius 2 is 1.97 bits per heavy atom. The predicted molar refractivity (Wildman–Crippen MR) is 123 cm³/mol. The van der Waals surface area contributed by atoms with Crippen molar-refractivity contribution < 1.29 is 22.0 Å². The Morgan fingerprint density at radius 1 is 1.24 bits per heavy atom. The largest absolute Gasteiger partial charge is 0.310 e. The van der Waals surface area contributed by atoms with Crippen LogP contribution in [0.15, 0.2) is 58.9 Å². The van der Waals surface area contributed by atoms with Crippen LogP contribution in [0.25, 0.3) is 10.2 Å². The normalized spacial score (nSPS) is 18.0. The summed E-state index contributed by atoms with van der Waals surface area (Å²) in [5.74, 6) is -2.08. The van der Waals surface area contributed by atoms with Gasteiger partial charge in [0.1, 0.15) is 5.82 Å². The van der Waals surface area contributed by atoms with Gasteiger partial charge in [0.05, 0.1) is 15.1 Å². The number of rotatable bonds is 5. The smallest absolute Gasteiger partial charge is 0.279 e. The quantitative estimate of drug-likeness (QED) is 0.495. The topological polar surface area (TPSA) is 71.7 Å². The Labute approximate surface area is 194 Å². The fourth-order valence-electron chi connectivity index (χ4n) is 4.00. The second-order valence-corrected chi connectivity index (χ2v) is 10.8. The second-order valence-electron chi connectivity index (χ2n) is 7.92. The van der Waals surface area contributed by atoms with E-state index in [4.69, 9.17) is 0 Å². The van der Waals surface area contributed by atoms with Gasteiger partial charge in [0.2, 0.25) is 10.0 Å². The molecule has 1 unspecified atom stereocenters. The zero-order chi connectivity index (χ0) is 23.8. The van der Waals surface area contributed by atoms with Crippen molar-refractivity contribution in [2.45, 2.75) is 43.7 Å². The molecule has 0 spiro atoms. The molecule has 1 aromatic heterocycles. The molecule has 0 radical (unpaired) electrons. The lowest BCUT2D eigenvalue weighted by Gasteiger charge is -2.32. The number of fused-ring (bicyclic) bond motifs is 1. The average Bonchev–Trinajstić information content (AvgIpc) is 3.11. The van der Waals surface area contributed by atoms with Crippen molar-refractivity contribution in [3.05, 3.63) is 71.1 Å². The van der Waals surface area contributed by atoms with E-state index in [0.29, 0.717) is 11.2 Å². The summed E-state index contributed by atoms with van der Waals surface area (Å²) in [5.41, 5.74) is 0.333. The lowest BCUT2D eigenvalue weighted by Crippen LogP contribution is -2.41.